The summed E-state index contributed by atoms with van der Waals surface area (Å²) in [6.45, 7) is 4.52. The van der Waals surface area contributed by atoms with Gasteiger partial charge in [-0.25, -0.2) is 0 Å². The van der Waals surface area contributed by atoms with Crippen LogP contribution in [0.2, 0.25) is 0 Å². The van der Waals surface area contributed by atoms with E-state index >= 15 is 0 Å². The predicted octanol–water partition coefficient (Wildman–Crippen LogP) is -0.0786. The van der Waals surface area contributed by atoms with Gasteiger partial charge in [-0.2, -0.15) is 0 Å². The third-order valence-electron chi connectivity index (χ3n) is 2.44. The average Bonchev–Trinajstić information content (AvgIpc) is 2.53. The molecule has 1 aliphatic heterocycles. The Bertz CT molecular complexity index is 189. The minimum absolute atomic E-state index is 0.186. The first-order valence-corrected chi connectivity index (χ1v) is 5.24. The normalized spacial score (nSPS) is 19.0. The summed E-state index contributed by atoms with van der Waals surface area (Å²) in [6, 6.07) is 0. The van der Waals surface area contributed by atoms with Gasteiger partial charge in [-0.3, -0.25) is 9.69 Å². The quantitative estimate of drug-likeness (QED) is 0.690. The highest BCUT2D eigenvalue weighted by Gasteiger charge is 2.19. The minimum atomic E-state index is -0.369. The molecule has 0 aromatic heterocycles. The Morgan fingerprint density at radius 1 is 1.50 bits per heavy atom. The van der Waals surface area contributed by atoms with Crippen LogP contribution in [-0.2, 0) is 4.79 Å². The van der Waals surface area contributed by atoms with Crippen LogP contribution in [0.1, 0.15) is 19.8 Å². The van der Waals surface area contributed by atoms with Crippen LogP contribution in [0, 0.1) is 0 Å². The van der Waals surface area contributed by atoms with Gasteiger partial charge in [0.05, 0.1) is 12.6 Å². The molecule has 1 saturated heterocycles. The molecule has 0 bridgehead atoms. The largest absolute Gasteiger partial charge is 0.392 e. The molecule has 0 aromatic rings. The second-order valence-corrected chi connectivity index (χ2v) is 4.13. The molecule has 82 valence electrons. The highest BCUT2D eigenvalue weighted by atomic mass is 16.3. The molecule has 1 amide bonds. The van der Waals surface area contributed by atoms with Crippen molar-refractivity contribution in [1.29, 1.82) is 0 Å². The fraction of sp³-hybridized carbons (Fsp3) is 0.900. The van der Waals surface area contributed by atoms with Crippen molar-refractivity contribution in [1.82, 2.24) is 9.80 Å². The average molecular weight is 200 g/mol. The number of rotatable bonds is 4. The molecule has 1 aliphatic rings. The van der Waals surface area contributed by atoms with Crippen LogP contribution in [0.3, 0.4) is 0 Å². The number of aliphatic hydroxyl groups excluding tert-OH is 1. The van der Waals surface area contributed by atoms with Gasteiger partial charge in [0.2, 0.25) is 5.91 Å². The second kappa shape index (κ2) is 5.32. The van der Waals surface area contributed by atoms with Crippen LogP contribution in [-0.4, -0.2) is 60.1 Å². The Labute approximate surface area is 85.5 Å². The Hall–Kier alpha value is -0.610. The highest BCUT2D eigenvalue weighted by Crippen LogP contribution is 2.07. The van der Waals surface area contributed by atoms with Gasteiger partial charge in [0, 0.05) is 19.6 Å². The van der Waals surface area contributed by atoms with Gasteiger partial charge < -0.3 is 10.0 Å². The lowest BCUT2D eigenvalue weighted by Gasteiger charge is -2.21. The van der Waals surface area contributed by atoms with E-state index < -0.39 is 0 Å². The van der Waals surface area contributed by atoms with Gasteiger partial charge in [0.15, 0.2) is 0 Å². The van der Waals surface area contributed by atoms with Crippen LogP contribution in [0.25, 0.3) is 0 Å². The van der Waals surface area contributed by atoms with E-state index in [0.29, 0.717) is 13.1 Å². The van der Waals surface area contributed by atoms with Gasteiger partial charge in [0.25, 0.3) is 0 Å². The van der Waals surface area contributed by atoms with Crippen LogP contribution < -0.4 is 0 Å². The van der Waals surface area contributed by atoms with Crippen molar-refractivity contribution in [2.24, 2.45) is 0 Å². The summed E-state index contributed by atoms with van der Waals surface area (Å²) in [7, 11) is 1.86. The van der Waals surface area contributed by atoms with Gasteiger partial charge in [-0.15, -0.1) is 0 Å². The lowest BCUT2D eigenvalue weighted by Crippen LogP contribution is -2.39. The summed E-state index contributed by atoms with van der Waals surface area (Å²) in [6.07, 6.45) is 1.89. The van der Waals surface area contributed by atoms with Crippen molar-refractivity contribution in [3.8, 4) is 0 Å². The van der Waals surface area contributed by atoms with E-state index in [1.165, 1.54) is 0 Å². The maximum absolute atomic E-state index is 11.6. The van der Waals surface area contributed by atoms with Crippen molar-refractivity contribution < 1.29 is 9.90 Å². The van der Waals surface area contributed by atoms with Crippen molar-refractivity contribution in [3.63, 3.8) is 0 Å². The van der Waals surface area contributed by atoms with E-state index in [1.807, 2.05) is 16.8 Å². The predicted molar refractivity (Wildman–Crippen MR) is 55.0 cm³/mol. The number of carbonyl (C=O) groups is 1. The smallest absolute Gasteiger partial charge is 0.236 e. The van der Waals surface area contributed by atoms with E-state index in [-0.39, 0.29) is 12.0 Å². The van der Waals surface area contributed by atoms with E-state index in [2.05, 4.69) is 0 Å². The molecule has 1 unspecified atom stereocenters. The first kappa shape index (κ1) is 11.5. The fourth-order valence-electron chi connectivity index (χ4n) is 1.81. The molecule has 4 heteroatoms. The summed E-state index contributed by atoms with van der Waals surface area (Å²) in [5.74, 6) is 0.186. The molecule has 0 radical (unpaired) electrons. The number of aliphatic hydroxyl groups is 1. The number of hydrogen-bond acceptors (Lipinski definition) is 3. The van der Waals surface area contributed by atoms with Gasteiger partial charge in [0.1, 0.15) is 0 Å². The monoisotopic (exact) mass is 200 g/mol. The molecular weight excluding hydrogens is 180 g/mol. The highest BCUT2D eigenvalue weighted by molar-refractivity contribution is 5.78. The summed E-state index contributed by atoms with van der Waals surface area (Å²) in [5.41, 5.74) is 0. The van der Waals surface area contributed by atoms with E-state index in [1.54, 1.807) is 6.92 Å². The molecule has 0 spiro atoms. The number of carbonyl (C=O) groups excluding carboxylic acids is 1. The van der Waals surface area contributed by atoms with Crippen molar-refractivity contribution in [2.45, 2.75) is 25.9 Å². The third kappa shape index (κ3) is 3.64. The minimum Gasteiger partial charge on any atom is -0.392 e. The molecular formula is C10H20N2O2. The lowest BCUT2D eigenvalue weighted by molar-refractivity contribution is -0.131. The molecule has 1 N–H and O–H groups in total. The molecule has 14 heavy (non-hydrogen) atoms. The third-order valence-corrected chi connectivity index (χ3v) is 2.44. The Balaban J connectivity index is 2.25. The molecule has 0 aliphatic carbocycles. The van der Waals surface area contributed by atoms with Crippen LogP contribution in [0.15, 0.2) is 0 Å². The molecule has 0 saturated carbocycles. The van der Waals surface area contributed by atoms with Crippen LogP contribution >= 0.6 is 0 Å². The molecule has 1 heterocycles. The zero-order valence-electron chi connectivity index (χ0n) is 9.07. The first-order valence-electron chi connectivity index (χ1n) is 5.24. The van der Waals surface area contributed by atoms with E-state index in [4.69, 9.17) is 5.11 Å². The number of amides is 1. The fourth-order valence-corrected chi connectivity index (χ4v) is 1.81. The van der Waals surface area contributed by atoms with Crippen LogP contribution in [0.5, 0.6) is 0 Å². The number of hydrogen-bond donors (Lipinski definition) is 1. The Kier molecular flexibility index (Phi) is 4.35. The van der Waals surface area contributed by atoms with Crippen molar-refractivity contribution >= 4 is 5.91 Å². The number of likely N-dealkylation sites (tertiary alicyclic amines) is 1. The summed E-state index contributed by atoms with van der Waals surface area (Å²) < 4.78 is 0. The van der Waals surface area contributed by atoms with Crippen molar-refractivity contribution in [2.75, 3.05) is 33.2 Å². The molecule has 1 atom stereocenters. The van der Waals surface area contributed by atoms with Gasteiger partial charge in [-0.05, 0) is 26.8 Å². The zero-order valence-corrected chi connectivity index (χ0v) is 9.07. The molecule has 1 rings (SSSR count). The topological polar surface area (TPSA) is 43.8 Å². The zero-order chi connectivity index (χ0) is 10.6. The summed E-state index contributed by atoms with van der Waals surface area (Å²) >= 11 is 0. The molecule has 1 fully saturated rings. The second-order valence-electron chi connectivity index (χ2n) is 4.13. The maximum atomic E-state index is 11.6. The Morgan fingerprint density at radius 3 is 2.57 bits per heavy atom. The SMILES string of the molecule is CC(O)CN(C)CC(=O)N1CCCC1. The van der Waals surface area contributed by atoms with Gasteiger partial charge >= 0.3 is 0 Å². The standard InChI is InChI=1S/C10H20N2O2/c1-9(13)7-11(2)8-10(14)12-5-3-4-6-12/h9,13H,3-8H2,1-2H3. The van der Waals surface area contributed by atoms with Crippen molar-refractivity contribution in [3.05, 3.63) is 0 Å². The lowest BCUT2D eigenvalue weighted by atomic mass is 10.3. The van der Waals surface area contributed by atoms with Crippen LogP contribution in [0.4, 0.5) is 0 Å². The van der Waals surface area contributed by atoms with E-state index in [0.717, 1.165) is 25.9 Å². The Morgan fingerprint density at radius 2 is 2.07 bits per heavy atom. The summed E-state index contributed by atoms with van der Waals surface area (Å²) in [5, 5.41) is 9.13. The number of nitrogens with zero attached hydrogens (tertiary/aromatic N) is 2. The van der Waals surface area contributed by atoms with E-state index in [9.17, 15) is 4.79 Å². The first-order chi connectivity index (χ1) is 6.59. The van der Waals surface area contributed by atoms with Gasteiger partial charge in [-0.1, -0.05) is 0 Å². The number of likely N-dealkylation sites (N-methyl/N-ethyl adjacent to an activating group) is 1. The summed E-state index contributed by atoms with van der Waals surface area (Å²) in [4.78, 5) is 15.4. The maximum Gasteiger partial charge on any atom is 0.236 e. The molecule has 0 aromatic carbocycles. The molecule has 4 nitrogen and oxygen atoms in total.